The zero-order valence-corrected chi connectivity index (χ0v) is 22.0. The van der Waals surface area contributed by atoms with Crippen molar-refractivity contribution in [3.63, 3.8) is 0 Å². The highest BCUT2D eigenvalue weighted by molar-refractivity contribution is 5.98. The van der Waals surface area contributed by atoms with Crippen LogP contribution in [0.1, 0.15) is 56.3 Å². The van der Waals surface area contributed by atoms with Crippen LogP contribution in [0.4, 0.5) is 13.2 Å². The van der Waals surface area contributed by atoms with Crippen LogP contribution in [-0.2, 0) is 4.79 Å². The monoisotopic (exact) mass is 531 g/mol. The fourth-order valence-corrected chi connectivity index (χ4v) is 5.35. The van der Waals surface area contributed by atoms with Gasteiger partial charge in [-0.3, -0.25) is 9.59 Å². The van der Waals surface area contributed by atoms with Crippen LogP contribution in [0.5, 0.6) is 5.75 Å². The number of hydrogen-bond acceptors (Lipinski definition) is 4. The summed E-state index contributed by atoms with van der Waals surface area (Å²) in [7, 11) is 0. The number of benzene rings is 2. The molecule has 0 saturated carbocycles. The Morgan fingerprint density at radius 3 is 2.37 bits per heavy atom. The zero-order valence-electron chi connectivity index (χ0n) is 22.0. The number of halogens is 3. The summed E-state index contributed by atoms with van der Waals surface area (Å²) in [6.45, 7) is 5.85. The van der Waals surface area contributed by atoms with Crippen molar-refractivity contribution in [1.29, 1.82) is 0 Å². The lowest BCUT2D eigenvalue weighted by atomic mass is 9.96. The lowest BCUT2D eigenvalue weighted by molar-refractivity contribution is -0.123. The minimum atomic E-state index is -1.23. The highest BCUT2D eigenvalue weighted by atomic mass is 19.1. The molecule has 1 atom stereocenters. The third-order valence-electron chi connectivity index (χ3n) is 7.33. The average molecular weight is 532 g/mol. The second-order valence-electron chi connectivity index (χ2n) is 11.0. The summed E-state index contributed by atoms with van der Waals surface area (Å²) in [5, 5.41) is 0. The number of piperidine rings is 2. The minimum absolute atomic E-state index is 0.0934. The van der Waals surface area contributed by atoms with E-state index in [0.29, 0.717) is 31.7 Å². The number of amides is 2. The minimum Gasteiger partial charge on any atom is -0.490 e. The van der Waals surface area contributed by atoms with Crippen LogP contribution in [0.15, 0.2) is 36.4 Å². The van der Waals surface area contributed by atoms with Crippen molar-refractivity contribution in [2.24, 2.45) is 11.7 Å². The predicted octanol–water partition coefficient (Wildman–Crippen LogP) is 4.95. The summed E-state index contributed by atoms with van der Waals surface area (Å²) in [6, 6.07) is 7.61. The lowest BCUT2D eigenvalue weighted by Gasteiger charge is -2.34. The summed E-state index contributed by atoms with van der Waals surface area (Å²) < 4.78 is 49.5. The van der Waals surface area contributed by atoms with Crippen molar-refractivity contribution >= 4 is 11.8 Å². The van der Waals surface area contributed by atoms with Crippen molar-refractivity contribution < 1.29 is 27.5 Å². The highest BCUT2D eigenvalue weighted by Gasteiger charge is 2.31. The summed E-state index contributed by atoms with van der Waals surface area (Å²) in [6.07, 6.45) is 3.74. The SMILES string of the molecule is CC(C)(F)CN1CCC(COc2ccc(-c3ccc(C(=O)N4CCCC[C@@H]4C(N)=O)cc3F)cc2F)CC1. The van der Waals surface area contributed by atoms with Gasteiger partial charge in [-0.1, -0.05) is 12.1 Å². The van der Waals surface area contributed by atoms with E-state index in [2.05, 4.69) is 4.90 Å². The number of ether oxygens (including phenoxy) is 1. The summed E-state index contributed by atoms with van der Waals surface area (Å²) in [5.41, 5.74) is 4.81. The van der Waals surface area contributed by atoms with Crippen LogP contribution >= 0.6 is 0 Å². The second kappa shape index (κ2) is 11.8. The smallest absolute Gasteiger partial charge is 0.254 e. The molecule has 0 radical (unpaired) electrons. The number of likely N-dealkylation sites (tertiary alicyclic amines) is 2. The number of carbonyl (C=O) groups excluding carboxylic acids is 2. The van der Waals surface area contributed by atoms with Crippen LogP contribution < -0.4 is 10.5 Å². The molecule has 0 aliphatic carbocycles. The largest absolute Gasteiger partial charge is 0.490 e. The molecule has 2 saturated heterocycles. The van der Waals surface area contributed by atoms with Gasteiger partial charge in [-0.05, 0) is 94.8 Å². The molecule has 38 heavy (non-hydrogen) atoms. The fraction of sp³-hybridized carbons (Fsp3) is 0.517. The van der Waals surface area contributed by atoms with Gasteiger partial charge in [-0.2, -0.15) is 0 Å². The molecule has 2 aromatic carbocycles. The maximum Gasteiger partial charge on any atom is 0.254 e. The molecule has 2 aromatic rings. The number of nitrogens with zero attached hydrogens (tertiary/aromatic N) is 2. The molecule has 0 bridgehead atoms. The number of carbonyl (C=O) groups is 2. The molecule has 2 N–H and O–H groups in total. The first kappa shape index (κ1) is 28.0. The highest BCUT2D eigenvalue weighted by Crippen LogP contribution is 2.30. The van der Waals surface area contributed by atoms with Crippen molar-refractivity contribution in [2.45, 2.75) is 57.7 Å². The Labute approximate surface area is 221 Å². The van der Waals surface area contributed by atoms with Gasteiger partial charge < -0.3 is 20.3 Å². The van der Waals surface area contributed by atoms with E-state index in [1.807, 2.05) is 0 Å². The van der Waals surface area contributed by atoms with E-state index in [1.165, 1.54) is 29.2 Å². The molecule has 2 fully saturated rings. The molecule has 2 heterocycles. The maximum absolute atomic E-state index is 15.0. The molecule has 0 unspecified atom stereocenters. The molecular formula is C29H36F3N3O3. The third kappa shape index (κ3) is 6.87. The molecule has 4 rings (SSSR count). The number of rotatable bonds is 8. The van der Waals surface area contributed by atoms with E-state index in [4.69, 9.17) is 10.5 Å². The Balaban J connectivity index is 1.37. The first-order valence-electron chi connectivity index (χ1n) is 13.3. The quantitative estimate of drug-likeness (QED) is 0.523. The summed E-state index contributed by atoms with van der Waals surface area (Å²) in [4.78, 5) is 28.2. The number of nitrogens with two attached hydrogens (primary N) is 1. The molecule has 0 aromatic heterocycles. The number of primary amides is 1. The first-order valence-corrected chi connectivity index (χ1v) is 13.3. The van der Waals surface area contributed by atoms with Crippen molar-refractivity contribution in [3.05, 3.63) is 53.6 Å². The normalized spacial score (nSPS) is 19.4. The summed E-state index contributed by atoms with van der Waals surface area (Å²) >= 11 is 0. The predicted molar refractivity (Wildman–Crippen MR) is 140 cm³/mol. The maximum atomic E-state index is 15.0. The molecule has 2 aliphatic heterocycles. The average Bonchev–Trinajstić information content (AvgIpc) is 2.87. The molecule has 2 amide bonds. The van der Waals surface area contributed by atoms with Gasteiger partial charge in [0.25, 0.3) is 5.91 Å². The standard InChI is InChI=1S/C29H36F3N3O3/c1-29(2,32)18-34-13-10-19(11-14-34)17-38-26-9-7-20(15-24(26)31)22-8-6-21(16-23(22)30)28(37)35-12-4-3-5-25(35)27(33)36/h6-9,15-16,19,25H,3-5,10-14,17-18H2,1-2H3,(H2,33,36)/t25-/m1/s1. The Bertz CT molecular complexity index is 1160. The van der Waals surface area contributed by atoms with E-state index < -0.39 is 35.2 Å². The lowest BCUT2D eigenvalue weighted by Crippen LogP contribution is -2.50. The van der Waals surface area contributed by atoms with Crippen molar-refractivity contribution in [2.75, 3.05) is 32.8 Å². The van der Waals surface area contributed by atoms with Gasteiger partial charge in [-0.15, -0.1) is 0 Å². The zero-order chi connectivity index (χ0) is 27.4. The van der Waals surface area contributed by atoms with Crippen LogP contribution in [-0.4, -0.2) is 66.1 Å². The molecule has 206 valence electrons. The van der Waals surface area contributed by atoms with Crippen LogP contribution in [0.2, 0.25) is 0 Å². The van der Waals surface area contributed by atoms with E-state index in [9.17, 15) is 18.4 Å². The van der Waals surface area contributed by atoms with Gasteiger partial charge in [0.1, 0.15) is 17.5 Å². The van der Waals surface area contributed by atoms with E-state index in [1.54, 1.807) is 19.9 Å². The topological polar surface area (TPSA) is 75.9 Å². The van der Waals surface area contributed by atoms with Crippen LogP contribution in [0.25, 0.3) is 11.1 Å². The van der Waals surface area contributed by atoms with E-state index in [-0.39, 0.29) is 22.8 Å². The van der Waals surface area contributed by atoms with Crippen molar-refractivity contribution in [3.8, 4) is 16.9 Å². The van der Waals surface area contributed by atoms with Gasteiger partial charge in [0, 0.05) is 24.2 Å². The van der Waals surface area contributed by atoms with Gasteiger partial charge in [-0.25, -0.2) is 13.2 Å². The summed E-state index contributed by atoms with van der Waals surface area (Å²) in [5.74, 6) is -1.94. The number of hydrogen-bond donors (Lipinski definition) is 1. The van der Waals surface area contributed by atoms with Crippen LogP contribution in [0, 0.1) is 17.6 Å². The van der Waals surface area contributed by atoms with E-state index >= 15 is 4.39 Å². The first-order chi connectivity index (χ1) is 18.0. The molecule has 2 aliphatic rings. The van der Waals surface area contributed by atoms with Gasteiger partial charge in [0.2, 0.25) is 5.91 Å². The third-order valence-corrected chi connectivity index (χ3v) is 7.33. The Morgan fingerprint density at radius 1 is 1.00 bits per heavy atom. The molecule has 0 spiro atoms. The Morgan fingerprint density at radius 2 is 1.74 bits per heavy atom. The Hall–Kier alpha value is -3.07. The molecule has 9 heteroatoms. The van der Waals surface area contributed by atoms with Crippen LogP contribution in [0.3, 0.4) is 0 Å². The fourth-order valence-electron chi connectivity index (χ4n) is 5.35. The Kier molecular flexibility index (Phi) is 8.65. The number of alkyl halides is 1. The molecular weight excluding hydrogens is 495 g/mol. The van der Waals surface area contributed by atoms with E-state index in [0.717, 1.165) is 44.8 Å². The van der Waals surface area contributed by atoms with Gasteiger partial charge in [0.15, 0.2) is 11.6 Å². The van der Waals surface area contributed by atoms with Gasteiger partial charge >= 0.3 is 0 Å². The van der Waals surface area contributed by atoms with Gasteiger partial charge in [0.05, 0.1) is 6.61 Å². The second-order valence-corrected chi connectivity index (χ2v) is 11.0. The van der Waals surface area contributed by atoms with Crippen molar-refractivity contribution in [1.82, 2.24) is 9.80 Å². The molecule has 6 nitrogen and oxygen atoms in total.